The Morgan fingerprint density at radius 3 is 2.43 bits per heavy atom. The Bertz CT molecular complexity index is 1600. The minimum atomic E-state index is -1.52. The molecule has 1 aliphatic heterocycles. The lowest BCUT2D eigenvalue weighted by atomic mass is 9.70. The molecule has 3 N–H and O–H groups in total. The van der Waals surface area contributed by atoms with E-state index in [1.165, 1.54) is 19.9 Å². The number of carbonyl (C=O) groups is 3. The molecule has 1 aliphatic carbocycles. The Morgan fingerprint density at radius 2 is 1.73 bits per heavy atom. The van der Waals surface area contributed by atoms with Gasteiger partial charge in [-0.25, -0.2) is 0 Å². The molecule has 7 nitrogen and oxygen atoms in total. The predicted octanol–water partition coefficient (Wildman–Crippen LogP) is 4.55. The van der Waals surface area contributed by atoms with Crippen LogP contribution in [0.1, 0.15) is 47.8 Å². The van der Waals surface area contributed by atoms with E-state index in [9.17, 15) is 24.6 Å². The molecule has 1 heterocycles. The molecule has 7 heteroatoms. The first-order valence-electron chi connectivity index (χ1n) is 12.1. The van der Waals surface area contributed by atoms with E-state index in [-0.39, 0.29) is 39.5 Å². The molecule has 1 atom stereocenters. The van der Waals surface area contributed by atoms with E-state index in [1.807, 2.05) is 12.1 Å². The van der Waals surface area contributed by atoms with Crippen LogP contribution in [0.4, 0.5) is 0 Å². The van der Waals surface area contributed by atoms with Crippen molar-refractivity contribution in [3.63, 3.8) is 0 Å². The largest absolute Gasteiger partial charge is 0.507 e. The number of benzene rings is 3. The molecule has 0 spiro atoms. The molecular formula is C30H27NO6. The fourth-order valence-corrected chi connectivity index (χ4v) is 5.24. The van der Waals surface area contributed by atoms with Crippen molar-refractivity contribution >= 4 is 28.1 Å². The number of rotatable bonds is 5. The molecule has 0 fully saturated rings. The van der Waals surface area contributed by atoms with Crippen LogP contribution in [0.2, 0.25) is 0 Å². The zero-order chi connectivity index (χ0) is 26.6. The fraction of sp³-hybridized carbons (Fsp3) is 0.233. The monoisotopic (exact) mass is 497 g/mol. The summed E-state index contributed by atoms with van der Waals surface area (Å²) in [6.45, 7) is 6.45. The summed E-state index contributed by atoms with van der Waals surface area (Å²) in [5.41, 5.74) is 0.00593. The van der Waals surface area contributed by atoms with Crippen LogP contribution in [0.3, 0.4) is 0 Å². The van der Waals surface area contributed by atoms with Crippen molar-refractivity contribution in [1.82, 2.24) is 5.32 Å². The Kier molecular flexibility index (Phi) is 5.67. The highest BCUT2D eigenvalue weighted by Crippen LogP contribution is 2.57. The van der Waals surface area contributed by atoms with Crippen molar-refractivity contribution in [3.05, 3.63) is 87.8 Å². The number of phenolic OH excluding ortho intramolecular Hbond substituents is 2. The maximum absolute atomic E-state index is 13.9. The Labute approximate surface area is 214 Å². The molecular weight excluding hydrogens is 470 g/mol. The molecule has 0 radical (unpaired) electrons. The van der Waals surface area contributed by atoms with Crippen molar-refractivity contribution in [3.8, 4) is 17.2 Å². The summed E-state index contributed by atoms with van der Waals surface area (Å²) < 4.78 is 5.80. The van der Waals surface area contributed by atoms with Gasteiger partial charge in [0.15, 0.2) is 17.3 Å². The number of aromatic hydroxyl groups is 2. The lowest BCUT2D eigenvalue weighted by molar-refractivity contribution is -0.123. The number of carbonyl (C=O) groups excluding carboxylic acids is 3. The summed E-state index contributed by atoms with van der Waals surface area (Å²) in [4.78, 5) is 39.2. The minimum absolute atomic E-state index is 0.0213. The van der Waals surface area contributed by atoms with Crippen LogP contribution in [0.25, 0.3) is 10.8 Å². The summed E-state index contributed by atoms with van der Waals surface area (Å²) >= 11 is 0. The van der Waals surface area contributed by atoms with Crippen LogP contribution >= 0.6 is 0 Å². The number of ether oxygens (including phenoxy) is 1. The molecule has 0 saturated carbocycles. The van der Waals surface area contributed by atoms with E-state index < -0.39 is 28.5 Å². The third kappa shape index (κ3) is 3.61. The standard InChI is InChI=1S/C30H27NO6/c1-15-26(34)24(17(3)32)28-25(27(15)35)30(4)22(37-28)14-21(33)23(29(30)36)16(2)31-12-11-18-9-10-19-7-5-6-8-20(19)13-18/h5-10,13-14,31,34-35H,11-12H2,1-4H3/b23-16+/t30-/m1/s1. The molecule has 0 amide bonds. The number of phenols is 2. The molecule has 0 saturated heterocycles. The number of nitrogens with one attached hydrogen (secondary N) is 1. The highest BCUT2D eigenvalue weighted by Gasteiger charge is 2.56. The summed E-state index contributed by atoms with van der Waals surface area (Å²) in [5.74, 6) is -2.37. The zero-order valence-corrected chi connectivity index (χ0v) is 21.1. The van der Waals surface area contributed by atoms with Crippen molar-refractivity contribution in [1.29, 1.82) is 0 Å². The van der Waals surface area contributed by atoms with E-state index in [2.05, 4.69) is 35.6 Å². The molecule has 37 heavy (non-hydrogen) atoms. The Hall–Kier alpha value is -4.39. The maximum atomic E-state index is 13.9. The first-order valence-corrected chi connectivity index (χ1v) is 12.1. The summed E-state index contributed by atoms with van der Waals surface area (Å²) in [5, 5.41) is 26.9. The minimum Gasteiger partial charge on any atom is -0.507 e. The van der Waals surface area contributed by atoms with Crippen LogP contribution < -0.4 is 10.1 Å². The van der Waals surface area contributed by atoms with Crippen molar-refractivity contribution in [2.45, 2.75) is 39.5 Å². The molecule has 0 unspecified atom stereocenters. The highest BCUT2D eigenvalue weighted by molar-refractivity contribution is 6.31. The second-order valence-corrected chi connectivity index (χ2v) is 9.74. The second kappa shape index (κ2) is 8.62. The van der Waals surface area contributed by atoms with Crippen LogP contribution in [-0.2, 0) is 21.4 Å². The predicted molar refractivity (Wildman–Crippen MR) is 139 cm³/mol. The molecule has 2 aliphatic rings. The van der Waals surface area contributed by atoms with Gasteiger partial charge in [0.2, 0.25) is 0 Å². The van der Waals surface area contributed by atoms with E-state index in [0.29, 0.717) is 18.7 Å². The van der Waals surface area contributed by atoms with Gasteiger partial charge in [0.1, 0.15) is 34.0 Å². The number of fused-ring (bicyclic) bond motifs is 4. The molecule has 0 bridgehead atoms. The summed E-state index contributed by atoms with van der Waals surface area (Å²) in [7, 11) is 0. The van der Waals surface area contributed by atoms with Gasteiger partial charge < -0.3 is 20.3 Å². The highest BCUT2D eigenvalue weighted by atomic mass is 16.5. The molecule has 5 rings (SSSR count). The smallest absolute Gasteiger partial charge is 0.194 e. The van der Waals surface area contributed by atoms with Crippen molar-refractivity contribution in [2.24, 2.45) is 0 Å². The van der Waals surface area contributed by atoms with E-state index in [0.717, 1.165) is 16.3 Å². The lowest BCUT2D eigenvalue weighted by Gasteiger charge is -2.29. The van der Waals surface area contributed by atoms with Gasteiger partial charge >= 0.3 is 0 Å². The van der Waals surface area contributed by atoms with E-state index in [4.69, 9.17) is 4.74 Å². The van der Waals surface area contributed by atoms with Crippen LogP contribution in [0, 0.1) is 6.92 Å². The second-order valence-electron chi connectivity index (χ2n) is 9.74. The fourth-order valence-electron chi connectivity index (χ4n) is 5.24. The van der Waals surface area contributed by atoms with Gasteiger partial charge in [0.05, 0.1) is 11.1 Å². The summed E-state index contributed by atoms with van der Waals surface area (Å²) in [6.07, 6.45) is 1.91. The normalized spacial score (nSPS) is 19.7. The SMILES string of the molecule is CC(=O)c1c(O)c(C)c(O)c2c1OC1=CC(=O)/C(=C(/C)NCCc3ccc4ccccc4c3)C(=O)[C@]12C. The van der Waals surface area contributed by atoms with Gasteiger partial charge in [-0.05, 0) is 50.5 Å². The first-order chi connectivity index (χ1) is 17.6. The number of ketones is 3. The molecule has 3 aromatic carbocycles. The van der Waals surface area contributed by atoms with Gasteiger partial charge in [-0.2, -0.15) is 0 Å². The average molecular weight is 498 g/mol. The topological polar surface area (TPSA) is 113 Å². The van der Waals surface area contributed by atoms with Crippen LogP contribution in [0.5, 0.6) is 17.2 Å². The lowest BCUT2D eigenvalue weighted by Crippen LogP contribution is -2.41. The quantitative estimate of drug-likeness (QED) is 0.269. The van der Waals surface area contributed by atoms with Crippen molar-refractivity contribution < 1.29 is 29.3 Å². The molecule has 188 valence electrons. The van der Waals surface area contributed by atoms with Gasteiger partial charge in [0, 0.05) is 23.9 Å². The van der Waals surface area contributed by atoms with Crippen molar-refractivity contribution in [2.75, 3.05) is 6.54 Å². The first kappa shape index (κ1) is 24.3. The third-order valence-electron chi connectivity index (χ3n) is 7.38. The number of hydrogen-bond donors (Lipinski definition) is 3. The molecule has 3 aromatic rings. The Morgan fingerprint density at radius 1 is 1.03 bits per heavy atom. The number of Topliss-reactive ketones (excluding diaryl/α,β-unsaturated/α-hetero) is 2. The van der Waals surface area contributed by atoms with Gasteiger partial charge in [-0.1, -0.05) is 42.5 Å². The zero-order valence-electron chi connectivity index (χ0n) is 21.1. The maximum Gasteiger partial charge on any atom is 0.194 e. The van der Waals surface area contributed by atoms with Crippen LogP contribution in [-0.4, -0.2) is 34.1 Å². The van der Waals surface area contributed by atoms with E-state index >= 15 is 0 Å². The third-order valence-corrected chi connectivity index (χ3v) is 7.38. The van der Waals surface area contributed by atoms with Gasteiger partial charge in [-0.15, -0.1) is 0 Å². The summed E-state index contributed by atoms with van der Waals surface area (Å²) in [6, 6.07) is 14.3. The average Bonchev–Trinajstić information content (AvgIpc) is 3.15. The van der Waals surface area contributed by atoms with E-state index in [1.54, 1.807) is 13.8 Å². The number of hydrogen-bond acceptors (Lipinski definition) is 7. The molecule has 0 aromatic heterocycles. The number of allylic oxidation sites excluding steroid dienone is 4. The Balaban J connectivity index is 1.48. The van der Waals surface area contributed by atoms with Crippen LogP contribution in [0.15, 0.2) is 65.6 Å². The van der Waals surface area contributed by atoms with Gasteiger partial charge in [0.25, 0.3) is 0 Å². The van der Waals surface area contributed by atoms with Gasteiger partial charge in [-0.3, -0.25) is 14.4 Å².